The van der Waals surface area contributed by atoms with Crippen LogP contribution in [0.15, 0.2) is 54.7 Å². The third-order valence-electron chi connectivity index (χ3n) is 5.83. The van der Waals surface area contributed by atoms with Gasteiger partial charge in [0.1, 0.15) is 18.0 Å². The molecule has 0 saturated carbocycles. The Kier molecular flexibility index (Phi) is 5.11. The number of hydrogen-bond donors (Lipinski definition) is 2. The van der Waals surface area contributed by atoms with E-state index in [9.17, 15) is 4.79 Å². The van der Waals surface area contributed by atoms with Crippen LogP contribution in [-0.2, 0) is 9.47 Å². The van der Waals surface area contributed by atoms with E-state index in [0.717, 1.165) is 28.3 Å². The second-order valence-corrected chi connectivity index (χ2v) is 8.43. The molecule has 3 aromatic rings. The molecule has 0 bridgehead atoms. The van der Waals surface area contributed by atoms with Crippen molar-refractivity contribution < 1.29 is 19.0 Å². The van der Waals surface area contributed by atoms with Crippen molar-refractivity contribution >= 4 is 11.6 Å². The Balaban J connectivity index is 1.52. The molecule has 1 saturated heterocycles. The van der Waals surface area contributed by atoms with Crippen molar-refractivity contribution in [1.29, 1.82) is 0 Å². The van der Waals surface area contributed by atoms with Gasteiger partial charge in [-0.1, -0.05) is 12.1 Å². The number of nitrogens with one attached hydrogen (secondary N) is 2. The zero-order chi connectivity index (χ0) is 22.3. The highest BCUT2D eigenvalue weighted by Crippen LogP contribution is 2.37. The molecule has 0 aliphatic carbocycles. The molecule has 2 aromatic carbocycles. The van der Waals surface area contributed by atoms with Gasteiger partial charge in [-0.15, -0.1) is 0 Å². The fourth-order valence-electron chi connectivity index (χ4n) is 4.29. The Labute approximate surface area is 186 Å². The van der Waals surface area contributed by atoms with E-state index in [2.05, 4.69) is 15.5 Å². The minimum Gasteiger partial charge on any atom is -0.497 e. The first-order valence-electron chi connectivity index (χ1n) is 10.6. The van der Waals surface area contributed by atoms with Crippen LogP contribution in [0.5, 0.6) is 5.75 Å². The number of carbonyl (C=O) groups excluding carboxylic acids is 1. The number of rotatable bonds is 5. The van der Waals surface area contributed by atoms with Gasteiger partial charge in [0.2, 0.25) is 0 Å². The van der Waals surface area contributed by atoms with Crippen molar-refractivity contribution in [1.82, 2.24) is 15.1 Å². The fourth-order valence-corrected chi connectivity index (χ4v) is 4.29. The van der Waals surface area contributed by atoms with Crippen LogP contribution in [0, 0.1) is 0 Å². The lowest BCUT2D eigenvalue weighted by molar-refractivity contribution is -0.140. The van der Waals surface area contributed by atoms with Crippen molar-refractivity contribution in [3.8, 4) is 17.0 Å². The van der Waals surface area contributed by atoms with Crippen molar-refractivity contribution in [2.45, 2.75) is 31.9 Å². The van der Waals surface area contributed by atoms with E-state index in [1.807, 2.05) is 62.4 Å². The molecular formula is C24H26N4O4. The van der Waals surface area contributed by atoms with Crippen LogP contribution >= 0.6 is 0 Å². The van der Waals surface area contributed by atoms with E-state index >= 15 is 0 Å². The maximum atomic E-state index is 13.5. The second kappa shape index (κ2) is 7.96. The summed E-state index contributed by atoms with van der Waals surface area (Å²) >= 11 is 0. The number of aromatic amines is 1. The van der Waals surface area contributed by atoms with Gasteiger partial charge in [0, 0.05) is 16.8 Å². The summed E-state index contributed by atoms with van der Waals surface area (Å²) in [4.78, 5) is 15.3. The largest absolute Gasteiger partial charge is 0.497 e. The standard InChI is InChI=1S/C24H26N4O4/c1-24(2)31-14-17(32-24)13-28-22(26-20-7-5-4-6-18(20)23(28)29)19-12-25-27-21(19)15-8-10-16(30-3)11-9-15/h4-12,17,22,26H,13-14H2,1-3H3,(H,25,27). The first-order chi connectivity index (χ1) is 15.4. The maximum Gasteiger partial charge on any atom is 0.257 e. The van der Waals surface area contributed by atoms with Gasteiger partial charge in [-0.3, -0.25) is 9.89 Å². The molecule has 3 heterocycles. The van der Waals surface area contributed by atoms with Gasteiger partial charge < -0.3 is 24.4 Å². The van der Waals surface area contributed by atoms with Crippen molar-refractivity contribution in [2.75, 3.05) is 25.6 Å². The van der Waals surface area contributed by atoms with Crippen LogP contribution in [0.2, 0.25) is 0 Å². The summed E-state index contributed by atoms with van der Waals surface area (Å²) in [5.74, 6) is 0.0608. The third-order valence-corrected chi connectivity index (χ3v) is 5.83. The molecule has 8 nitrogen and oxygen atoms in total. The predicted octanol–water partition coefficient (Wildman–Crippen LogP) is 3.80. The maximum absolute atomic E-state index is 13.5. The number of ether oxygens (including phenoxy) is 3. The number of carbonyl (C=O) groups is 1. The fraction of sp³-hybridized carbons (Fsp3) is 0.333. The lowest BCUT2D eigenvalue weighted by Gasteiger charge is -2.39. The molecule has 0 radical (unpaired) electrons. The summed E-state index contributed by atoms with van der Waals surface area (Å²) < 4.78 is 17.0. The Hall–Kier alpha value is -3.36. The number of aromatic nitrogens is 2. The van der Waals surface area contributed by atoms with Crippen LogP contribution in [0.3, 0.4) is 0 Å². The van der Waals surface area contributed by atoms with E-state index in [1.54, 1.807) is 18.2 Å². The highest BCUT2D eigenvalue weighted by molar-refractivity contribution is 6.01. The number of hydrogen-bond acceptors (Lipinski definition) is 6. The Bertz CT molecular complexity index is 1130. The number of methoxy groups -OCH3 is 1. The molecule has 1 amide bonds. The zero-order valence-electron chi connectivity index (χ0n) is 18.3. The van der Waals surface area contributed by atoms with Gasteiger partial charge in [-0.05, 0) is 50.2 Å². The van der Waals surface area contributed by atoms with E-state index in [4.69, 9.17) is 14.2 Å². The van der Waals surface area contributed by atoms with E-state index in [-0.39, 0.29) is 12.0 Å². The average Bonchev–Trinajstić information content (AvgIpc) is 3.42. The van der Waals surface area contributed by atoms with Gasteiger partial charge in [-0.25, -0.2) is 0 Å². The molecule has 1 aromatic heterocycles. The van der Waals surface area contributed by atoms with Crippen LogP contribution in [0.1, 0.15) is 35.9 Å². The lowest BCUT2D eigenvalue weighted by atomic mass is 10.0. The van der Waals surface area contributed by atoms with Gasteiger partial charge in [0.25, 0.3) is 5.91 Å². The van der Waals surface area contributed by atoms with Crippen molar-refractivity contribution in [2.24, 2.45) is 0 Å². The molecule has 166 valence electrons. The number of benzene rings is 2. The summed E-state index contributed by atoms with van der Waals surface area (Å²) in [5.41, 5.74) is 4.09. The van der Waals surface area contributed by atoms with Crippen molar-refractivity contribution in [3.63, 3.8) is 0 Å². The van der Waals surface area contributed by atoms with E-state index < -0.39 is 12.0 Å². The number of anilines is 1. The van der Waals surface area contributed by atoms with Crippen LogP contribution in [0.25, 0.3) is 11.3 Å². The monoisotopic (exact) mass is 434 g/mol. The Morgan fingerprint density at radius 3 is 2.69 bits per heavy atom. The van der Waals surface area contributed by atoms with Gasteiger partial charge in [0.05, 0.1) is 37.7 Å². The minimum atomic E-state index is -0.659. The van der Waals surface area contributed by atoms with Gasteiger partial charge in [0.15, 0.2) is 5.79 Å². The Morgan fingerprint density at radius 1 is 1.19 bits per heavy atom. The smallest absolute Gasteiger partial charge is 0.257 e. The number of nitrogens with zero attached hydrogens (tertiary/aromatic N) is 2. The summed E-state index contributed by atoms with van der Waals surface area (Å²) in [7, 11) is 1.64. The molecule has 2 aliphatic rings. The van der Waals surface area contributed by atoms with E-state index in [0.29, 0.717) is 18.7 Å². The normalized spacial score (nSPS) is 21.8. The zero-order valence-corrected chi connectivity index (χ0v) is 18.3. The molecule has 2 unspecified atom stereocenters. The molecular weight excluding hydrogens is 408 g/mol. The average molecular weight is 434 g/mol. The van der Waals surface area contributed by atoms with Crippen LogP contribution < -0.4 is 10.1 Å². The topological polar surface area (TPSA) is 88.7 Å². The first kappa shape index (κ1) is 20.5. The number of fused-ring (bicyclic) bond motifs is 1. The van der Waals surface area contributed by atoms with Crippen LogP contribution in [0.4, 0.5) is 5.69 Å². The lowest BCUT2D eigenvalue weighted by Crippen LogP contribution is -2.47. The predicted molar refractivity (Wildman–Crippen MR) is 119 cm³/mol. The highest BCUT2D eigenvalue weighted by Gasteiger charge is 2.40. The Morgan fingerprint density at radius 2 is 1.97 bits per heavy atom. The summed E-state index contributed by atoms with van der Waals surface area (Å²) in [6.45, 7) is 4.59. The molecule has 5 rings (SSSR count). The van der Waals surface area contributed by atoms with Crippen LogP contribution in [-0.4, -0.2) is 53.2 Å². The number of H-pyrrole nitrogens is 1. The summed E-state index contributed by atoms with van der Waals surface area (Å²) in [6.07, 6.45) is 1.13. The molecule has 0 spiro atoms. The summed E-state index contributed by atoms with van der Waals surface area (Å²) in [5, 5.41) is 10.9. The van der Waals surface area contributed by atoms with Crippen molar-refractivity contribution in [3.05, 3.63) is 65.9 Å². The van der Waals surface area contributed by atoms with Gasteiger partial charge >= 0.3 is 0 Å². The molecule has 2 N–H and O–H groups in total. The number of amides is 1. The summed E-state index contributed by atoms with van der Waals surface area (Å²) in [6, 6.07) is 15.3. The second-order valence-electron chi connectivity index (χ2n) is 8.43. The molecule has 32 heavy (non-hydrogen) atoms. The molecule has 8 heteroatoms. The first-order valence-corrected chi connectivity index (χ1v) is 10.6. The SMILES string of the molecule is COc1ccc(-c2[nH]ncc2C2Nc3ccccc3C(=O)N2CC2COC(C)(C)O2)cc1. The molecule has 2 atom stereocenters. The van der Waals surface area contributed by atoms with Gasteiger partial charge in [-0.2, -0.15) is 5.10 Å². The third kappa shape index (κ3) is 3.72. The quantitative estimate of drug-likeness (QED) is 0.635. The minimum absolute atomic E-state index is 0.0560. The number of para-hydroxylation sites is 1. The molecule has 2 aliphatic heterocycles. The molecule has 1 fully saturated rings. The van der Waals surface area contributed by atoms with E-state index in [1.165, 1.54) is 0 Å². The highest BCUT2D eigenvalue weighted by atomic mass is 16.7.